The second-order valence-electron chi connectivity index (χ2n) is 7.64. The summed E-state index contributed by atoms with van der Waals surface area (Å²) in [6, 6.07) is 16.8. The first-order valence-corrected chi connectivity index (χ1v) is 11.3. The van der Waals surface area contributed by atoms with Crippen LogP contribution in [0.25, 0.3) is 16.9 Å². The summed E-state index contributed by atoms with van der Waals surface area (Å²) in [5.41, 5.74) is 9.82. The van der Waals surface area contributed by atoms with E-state index in [-0.39, 0.29) is 11.1 Å². The number of benzene rings is 2. The number of nitrogens with two attached hydrogens (primary N) is 1. The lowest BCUT2D eigenvalue weighted by Crippen LogP contribution is -2.22. The Morgan fingerprint density at radius 1 is 1.06 bits per heavy atom. The molecule has 0 bridgehead atoms. The Bertz CT molecular complexity index is 1370. The van der Waals surface area contributed by atoms with E-state index >= 15 is 0 Å². The fourth-order valence-corrected chi connectivity index (χ4v) is 4.29. The van der Waals surface area contributed by atoms with E-state index in [0.29, 0.717) is 10.7 Å². The van der Waals surface area contributed by atoms with Crippen LogP contribution in [0.3, 0.4) is 0 Å². The van der Waals surface area contributed by atoms with Gasteiger partial charge in [0.25, 0.3) is 11.8 Å². The third-order valence-corrected chi connectivity index (χ3v) is 5.94. The minimum Gasteiger partial charge on any atom is -0.452 e. The molecule has 0 saturated carbocycles. The number of esters is 1. The molecular formula is C25H22N4O4S. The number of anilines is 1. The summed E-state index contributed by atoms with van der Waals surface area (Å²) in [6.45, 7) is 3.41. The number of nitrogens with zero attached hydrogens (tertiary/aromatic N) is 2. The third-order valence-electron chi connectivity index (χ3n) is 5.11. The van der Waals surface area contributed by atoms with E-state index in [4.69, 9.17) is 10.5 Å². The molecule has 0 aliphatic carbocycles. The molecule has 9 heteroatoms. The fourth-order valence-electron chi connectivity index (χ4n) is 3.49. The van der Waals surface area contributed by atoms with Crippen molar-refractivity contribution < 1.29 is 19.1 Å². The zero-order valence-corrected chi connectivity index (χ0v) is 19.4. The SMILES string of the molecule is Cc1ccc(-c2nn(-c3ccccc3)cc2C(=O)OCC(=O)Nc2sccc2C(N)=O)c(C)c1. The van der Waals surface area contributed by atoms with Gasteiger partial charge in [0, 0.05) is 11.8 Å². The molecule has 34 heavy (non-hydrogen) atoms. The van der Waals surface area contributed by atoms with Gasteiger partial charge in [0.15, 0.2) is 6.61 Å². The van der Waals surface area contributed by atoms with Crippen molar-refractivity contribution in [2.75, 3.05) is 11.9 Å². The maximum absolute atomic E-state index is 13.0. The summed E-state index contributed by atoms with van der Waals surface area (Å²) in [6.07, 6.45) is 1.59. The van der Waals surface area contributed by atoms with Gasteiger partial charge in [-0.2, -0.15) is 5.10 Å². The van der Waals surface area contributed by atoms with E-state index in [1.54, 1.807) is 16.3 Å². The predicted octanol–water partition coefficient (Wildman–Crippen LogP) is 4.11. The summed E-state index contributed by atoms with van der Waals surface area (Å²) in [4.78, 5) is 36.8. The first-order valence-electron chi connectivity index (χ1n) is 10.4. The van der Waals surface area contributed by atoms with E-state index in [9.17, 15) is 14.4 Å². The molecule has 0 atom stereocenters. The highest BCUT2D eigenvalue weighted by Gasteiger charge is 2.22. The maximum atomic E-state index is 13.0. The normalized spacial score (nSPS) is 10.6. The van der Waals surface area contributed by atoms with Crippen LogP contribution in [0, 0.1) is 13.8 Å². The van der Waals surface area contributed by atoms with Gasteiger partial charge in [0.2, 0.25) is 0 Å². The summed E-state index contributed by atoms with van der Waals surface area (Å²) < 4.78 is 6.91. The molecule has 0 aliphatic rings. The average Bonchev–Trinajstić information content (AvgIpc) is 3.46. The van der Waals surface area contributed by atoms with Crippen LogP contribution in [0.4, 0.5) is 5.00 Å². The lowest BCUT2D eigenvalue weighted by atomic mass is 10.0. The van der Waals surface area contributed by atoms with Crippen LogP contribution < -0.4 is 11.1 Å². The van der Waals surface area contributed by atoms with Gasteiger partial charge in [-0.15, -0.1) is 11.3 Å². The number of thiophene rings is 1. The number of aryl methyl sites for hydroxylation is 2. The average molecular weight is 475 g/mol. The zero-order valence-electron chi connectivity index (χ0n) is 18.6. The van der Waals surface area contributed by atoms with Gasteiger partial charge in [-0.1, -0.05) is 42.0 Å². The number of rotatable bonds is 7. The van der Waals surface area contributed by atoms with Crippen LogP contribution in [0.2, 0.25) is 0 Å². The zero-order chi connectivity index (χ0) is 24.2. The Balaban J connectivity index is 1.58. The summed E-state index contributed by atoms with van der Waals surface area (Å²) in [5, 5.41) is 9.14. The highest BCUT2D eigenvalue weighted by molar-refractivity contribution is 7.14. The number of amides is 2. The number of primary amides is 1. The van der Waals surface area contributed by atoms with Crippen molar-refractivity contribution in [1.29, 1.82) is 0 Å². The summed E-state index contributed by atoms with van der Waals surface area (Å²) in [7, 11) is 0. The van der Waals surface area contributed by atoms with Crippen molar-refractivity contribution in [2.45, 2.75) is 13.8 Å². The highest BCUT2D eigenvalue weighted by Crippen LogP contribution is 2.28. The molecule has 0 aliphatic heterocycles. The van der Waals surface area contributed by atoms with Crippen LogP contribution in [-0.2, 0) is 9.53 Å². The van der Waals surface area contributed by atoms with Crippen molar-refractivity contribution in [1.82, 2.24) is 9.78 Å². The second-order valence-corrected chi connectivity index (χ2v) is 8.56. The minimum absolute atomic E-state index is 0.200. The molecule has 2 heterocycles. The van der Waals surface area contributed by atoms with E-state index in [0.717, 1.165) is 33.7 Å². The first kappa shape index (κ1) is 22.9. The predicted molar refractivity (Wildman–Crippen MR) is 130 cm³/mol. The maximum Gasteiger partial charge on any atom is 0.342 e. The van der Waals surface area contributed by atoms with Crippen LogP contribution >= 0.6 is 11.3 Å². The number of ether oxygens (including phenoxy) is 1. The van der Waals surface area contributed by atoms with Crippen LogP contribution in [-0.4, -0.2) is 34.2 Å². The molecule has 0 radical (unpaired) electrons. The molecule has 0 fully saturated rings. The van der Waals surface area contributed by atoms with E-state index < -0.39 is 24.4 Å². The Morgan fingerprint density at radius 3 is 2.53 bits per heavy atom. The topological polar surface area (TPSA) is 116 Å². The molecule has 3 N–H and O–H groups in total. The molecular weight excluding hydrogens is 452 g/mol. The molecule has 0 unspecified atom stereocenters. The summed E-state index contributed by atoms with van der Waals surface area (Å²) >= 11 is 1.15. The molecule has 4 rings (SSSR count). The largest absolute Gasteiger partial charge is 0.452 e. The van der Waals surface area contributed by atoms with Crippen molar-refractivity contribution in [3.05, 3.63) is 88.4 Å². The second kappa shape index (κ2) is 9.72. The Hall–Kier alpha value is -4.24. The van der Waals surface area contributed by atoms with Gasteiger partial charge in [0.05, 0.1) is 11.3 Å². The summed E-state index contributed by atoms with van der Waals surface area (Å²) in [5.74, 6) is -1.92. The molecule has 4 aromatic rings. The number of hydrogen-bond acceptors (Lipinski definition) is 6. The number of hydrogen-bond donors (Lipinski definition) is 2. The van der Waals surface area contributed by atoms with Gasteiger partial charge in [-0.3, -0.25) is 9.59 Å². The molecule has 2 aromatic carbocycles. The van der Waals surface area contributed by atoms with Crippen molar-refractivity contribution in [2.24, 2.45) is 5.73 Å². The first-order chi connectivity index (χ1) is 16.3. The van der Waals surface area contributed by atoms with E-state index in [1.807, 2.05) is 62.4 Å². The molecule has 2 amide bonds. The molecule has 0 saturated heterocycles. The van der Waals surface area contributed by atoms with Gasteiger partial charge in [-0.25, -0.2) is 9.48 Å². The highest BCUT2D eigenvalue weighted by atomic mass is 32.1. The number of carbonyl (C=O) groups is 3. The molecule has 2 aromatic heterocycles. The lowest BCUT2D eigenvalue weighted by Gasteiger charge is -2.08. The molecule has 0 spiro atoms. The van der Waals surface area contributed by atoms with Gasteiger partial charge < -0.3 is 15.8 Å². The number of carbonyl (C=O) groups excluding carboxylic acids is 3. The Labute approximate surface area is 200 Å². The van der Waals surface area contributed by atoms with Gasteiger partial charge >= 0.3 is 5.97 Å². The van der Waals surface area contributed by atoms with Crippen molar-refractivity contribution >= 4 is 34.1 Å². The van der Waals surface area contributed by atoms with Crippen LogP contribution in [0.1, 0.15) is 31.8 Å². The van der Waals surface area contributed by atoms with E-state index in [1.165, 1.54) is 6.07 Å². The molecule has 172 valence electrons. The van der Waals surface area contributed by atoms with Crippen LogP contribution in [0.5, 0.6) is 0 Å². The molecule has 8 nitrogen and oxygen atoms in total. The number of para-hydroxylation sites is 1. The van der Waals surface area contributed by atoms with Gasteiger partial charge in [0.1, 0.15) is 16.3 Å². The lowest BCUT2D eigenvalue weighted by molar-refractivity contribution is -0.119. The Morgan fingerprint density at radius 2 is 1.82 bits per heavy atom. The van der Waals surface area contributed by atoms with Crippen molar-refractivity contribution in [3.63, 3.8) is 0 Å². The van der Waals surface area contributed by atoms with Gasteiger partial charge in [-0.05, 0) is 43.0 Å². The monoisotopic (exact) mass is 474 g/mol. The number of nitrogens with one attached hydrogen (secondary N) is 1. The van der Waals surface area contributed by atoms with E-state index in [2.05, 4.69) is 10.4 Å². The third kappa shape index (κ3) is 4.89. The quantitative estimate of drug-likeness (QED) is 0.391. The number of aromatic nitrogens is 2. The van der Waals surface area contributed by atoms with Crippen molar-refractivity contribution in [3.8, 4) is 16.9 Å². The Kier molecular flexibility index (Phi) is 6.55. The minimum atomic E-state index is -0.686. The fraction of sp³-hybridized carbons (Fsp3) is 0.120. The van der Waals surface area contributed by atoms with Crippen LogP contribution in [0.15, 0.2) is 66.2 Å². The standard InChI is InChI=1S/C25H22N4O4S/c1-15-8-9-18(16(2)12-15)22-20(13-29(28-22)17-6-4-3-5-7-17)25(32)33-14-21(30)27-24-19(23(26)31)10-11-34-24/h3-13H,14H2,1-2H3,(H2,26,31)(H,27,30). The smallest absolute Gasteiger partial charge is 0.342 e.